The van der Waals surface area contributed by atoms with Crippen LogP contribution in [-0.2, 0) is 0 Å². The summed E-state index contributed by atoms with van der Waals surface area (Å²) in [5, 5.41) is 3.66. The van der Waals surface area contributed by atoms with Crippen molar-refractivity contribution in [2.45, 2.75) is 32.4 Å². The molecule has 0 aliphatic carbocycles. The van der Waals surface area contributed by atoms with Crippen LogP contribution in [0, 0.1) is 6.92 Å². The molecule has 3 nitrogen and oxygen atoms in total. The molecule has 2 rings (SSSR count). The second kappa shape index (κ2) is 7.21. The van der Waals surface area contributed by atoms with Crippen LogP contribution in [0.4, 0.5) is 0 Å². The lowest BCUT2D eigenvalue weighted by atomic mass is 10.0. The van der Waals surface area contributed by atoms with E-state index in [1.54, 1.807) is 0 Å². The molecule has 20 heavy (non-hydrogen) atoms. The summed E-state index contributed by atoms with van der Waals surface area (Å²) in [6, 6.07) is 9.92. The molecular formula is C17H29N3. The van der Waals surface area contributed by atoms with Gasteiger partial charge in [-0.05, 0) is 51.7 Å². The van der Waals surface area contributed by atoms with Gasteiger partial charge in [-0.2, -0.15) is 0 Å². The number of aryl methyl sites for hydroxylation is 1. The molecule has 2 unspecified atom stereocenters. The van der Waals surface area contributed by atoms with E-state index in [1.165, 1.54) is 30.6 Å². The predicted octanol–water partition coefficient (Wildman–Crippen LogP) is 2.28. The molecule has 0 spiro atoms. The van der Waals surface area contributed by atoms with Crippen molar-refractivity contribution in [3.63, 3.8) is 0 Å². The van der Waals surface area contributed by atoms with Crippen molar-refractivity contribution >= 4 is 0 Å². The number of hydrogen-bond acceptors (Lipinski definition) is 3. The van der Waals surface area contributed by atoms with Gasteiger partial charge in [0.1, 0.15) is 0 Å². The minimum Gasteiger partial charge on any atom is -0.309 e. The molecule has 0 saturated carbocycles. The van der Waals surface area contributed by atoms with Crippen molar-refractivity contribution in [2.24, 2.45) is 0 Å². The number of likely N-dealkylation sites (N-methyl/N-ethyl adjacent to an activating group) is 2. The van der Waals surface area contributed by atoms with Crippen LogP contribution in [0.2, 0.25) is 0 Å². The fourth-order valence-electron chi connectivity index (χ4n) is 3.15. The van der Waals surface area contributed by atoms with Gasteiger partial charge in [0, 0.05) is 25.2 Å². The number of benzene rings is 1. The van der Waals surface area contributed by atoms with Gasteiger partial charge in [0.15, 0.2) is 0 Å². The van der Waals surface area contributed by atoms with Crippen LogP contribution >= 0.6 is 0 Å². The zero-order valence-corrected chi connectivity index (χ0v) is 13.4. The molecule has 1 aliphatic heterocycles. The molecule has 1 aromatic rings. The lowest BCUT2D eigenvalue weighted by molar-refractivity contribution is 0.251. The summed E-state index contributed by atoms with van der Waals surface area (Å²) >= 11 is 0. The Balaban J connectivity index is 2.02. The average molecular weight is 275 g/mol. The van der Waals surface area contributed by atoms with E-state index in [4.69, 9.17) is 0 Å². The smallest absolute Gasteiger partial charge is 0.0451 e. The average Bonchev–Trinajstić information content (AvgIpc) is 2.88. The van der Waals surface area contributed by atoms with Crippen LogP contribution in [-0.4, -0.2) is 56.1 Å². The van der Waals surface area contributed by atoms with E-state index in [2.05, 4.69) is 67.3 Å². The first-order valence-electron chi connectivity index (χ1n) is 7.79. The largest absolute Gasteiger partial charge is 0.309 e. The number of rotatable bonds is 6. The first kappa shape index (κ1) is 15.5. The van der Waals surface area contributed by atoms with E-state index >= 15 is 0 Å². The van der Waals surface area contributed by atoms with E-state index in [9.17, 15) is 0 Å². The van der Waals surface area contributed by atoms with Crippen LogP contribution in [0.1, 0.15) is 30.5 Å². The van der Waals surface area contributed by atoms with Gasteiger partial charge in [-0.15, -0.1) is 0 Å². The summed E-state index contributed by atoms with van der Waals surface area (Å²) in [6.07, 6.45) is 1.29. The minimum atomic E-state index is 0.446. The lowest BCUT2D eigenvalue weighted by Gasteiger charge is -2.27. The van der Waals surface area contributed by atoms with E-state index in [0.717, 1.165) is 13.1 Å². The quantitative estimate of drug-likeness (QED) is 0.859. The Kier molecular flexibility index (Phi) is 5.58. The van der Waals surface area contributed by atoms with Crippen molar-refractivity contribution in [2.75, 3.05) is 40.3 Å². The van der Waals surface area contributed by atoms with Crippen LogP contribution < -0.4 is 5.32 Å². The van der Waals surface area contributed by atoms with E-state index < -0.39 is 0 Å². The summed E-state index contributed by atoms with van der Waals surface area (Å²) in [4.78, 5) is 4.96. The molecule has 0 amide bonds. The van der Waals surface area contributed by atoms with Gasteiger partial charge < -0.3 is 10.2 Å². The molecule has 1 saturated heterocycles. The van der Waals surface area contributed by atoms with Crippen molar-refractivity contribution in [3.8, 4) is 0 Å². The van der Waals surface area contributed by atoms with Gasteiger partial charge in [-0.25, -0.2) is 0 Å². The molecular weight excluding hydrogens is 246 g/mol. The third-order valence-corrected chi connectivity index (χ3v) is 4.43. The fraction of sp³-hybridized carbons (Fsp3) is 0.647. The lowest BCUT2D eigenvalue weighted by Crippen LogP contribution is -2.37. The number of hydrogen-bond donors (Lipinski definition) is 1. The van der Waals surface area contributed by atoms with Gasteiger partial charge in [-0.3, -0.25) is 4.90 Å². The Bertz CT molecular complexity index is 416. The highest BCUT2D eigenvalue weighted by Gasteiger charge is 2.26. The zero-order chi connectivity index (χ0) is 14.5. The van der Waals surface area contributed by atoms with Crippen molar-refractivity contribution in [3.05, 3.63) is 35.4 Å². The van der Waals surface area contributed by atoms with Gasteiger partial charge in [0.25, 0.3) is 0 Å². The summed E-state index contributed by atoms with van der Waals surface area (Å²) < 4.78 is 0. The van der Waals surface area contributed by atoms with Gasteiger partial charge in [0.2, 0.25) is 0 Å². The van der Waals surface area contributed by atoms with Crippen molar-refractivity contribution in [1.29, 1.82) is 0 Å². The van der Waals surface area contributed by atoms with Crippen molar-refractivity contribution < 1.29 is 0 Å². The fourth-order valence-corrected chi connectivity index (χ4v) is 3.15. The zero-order valence-electron chi connectivity index (χ0n) is 13.4. The molecule has 1 heterocycles. The summed E-state index contributed by atoms with van der Waals surface area (Å²) in [5.74, 6) is 0. The third-order valence-electron chi connectivity index (χ3n) is 4.43. The number of nitrogens with zero attached hydrogens (tertiary/aromatic N) is 2. The van der Waals surface area contributed by atoms with Crippen LogP contribution in [0.3, 0.4) is 0 Å². The topological polar surface area (TPSA) is 18.5 Å². The highest BCUT2D eigenvalue weighted by molar-refractivity contribution is 5.29. The number of likely N-dealkylation sites (tertiary alicyclic amines) is 1. The van der Waals surface area contributed by atoms with Crippen LogP contribution in [0.25, 0.3) is 0 Å². The second-order valence-electron chi connectivity index (χ2n) is 6.13. The molecule has 1 N–H and O–H groups in total. The third kappa shape index (κ3) is 3.81. The Labute approximate surface area is 124 Å². The maximum atomic E-state index is 3.66. The first-order valence-corrected chi connectivity index (χ1v) is 7.79. The Morgan fingerprint density at radius 1 is 1.35 bits per heavy atom. The highest BCUT2D eigenvalue weighted by Crippen LogP contribution is 2.21. The van der Waals surface area contributed by atoms with E-state index in [-0.39, 0.29) is 0 Å². The van der Waals surface area contributed by atoms with Crippen LogP contribution in [0.15, 0.2) is 24.3 Å². The molecule has 0 radical (unpaired) electrons. The summed E-state index contributed by atoms with van der Waals surface area (Å²) in [5.41, 5.74) is 2.84. The molecule has 0 bridgehead atoms. The summed E-state index contributed by atoms with van der Waals surface area (Å²) in [6.45, 7) is 8.95. The molecule has 1 aromatic carbocycles. The molecule has 1 aliphatic rings. The monoisotopic (exact) mass is 275 g/mol. The SMILES string of the molecule is CCNC(CN1CCC(N(C)C)C1)c1ccccc1C. The van der Waals surface area contributed by atoms with E-state index in [0.29, 0.717) is 12.1 Å². The Morgan fingerprint density at radius 3 is 2.70 bits per heavy atom. The predicted molar refractivity (Wildman–Crippen MR) is 86.1 cm³/mol. The molecule has 0 aromatic heterocycles. The maximum Gasteiger partial charge on any atom is 0.0451 e. The van der Waals surface area contributed by atoms with Crippen molar-refractivity contribution in [1.82, 2.24) is 15.1 Å². The second-order valence-corrected chi connectivity index (χ2v) is 6.13. The standard InChI is InChI=1S/C17H29N3/c1-5-18-17(16-9-7-6-8-14(16)2)13-20-11-10-15(12-20)19(3)4/h6-9,15,17-18H,5,10-13H2,1-4H3. The van der Waals surface area contributed by atoms with Gasteiger partial charge in [-0.1, -0.05) is 31.2 Å². The highest BCUT2D eigenvalue weighted by atomic mass is 15.2. The first-order chi connectivity index (χ1) is 9.61. The van der Waals surface area contributed by atoms with E-state index in [1.807, 2.05) is 0 Å². The molecule has 3 heteroatoms. The maximum absolute atomic E-state index is 3.66. The molecule has 112 valence electrons. The Morgan fingerprint density at radius 2 is 2.10 bits per heavy atom. The van der Waals surface area contributed by atoms with Gasteiger partial charge in [0.05, 0.1) is 0 Å². The summed E-state index contributed by atoms with van der Waals surface area (Å²) in [7, 11) is 4.38. The minimum absolute atomic E-state index is 0.446. The molecule has 2 atom stereocenters. The van der Waals surface area contributed by atoms with Crippen LogP contribution in [0.5, 0.6) is 0 Å². The van der Waals surface area contributed by atoms with Gasteiger partial charge >= 0.3 is 0 Å². The number of nitrogens with one attached hydrogen (secondary N) is 1. The Hall–Kier alpha value is -0.900. The normalized spacial score (nSPS) is 21.6. The molecule has 1 fully saturated rings.